The second-order valence-corrected chi connectivity index (χ2v) is 14.5. The number of nitrogens with zero attached hydrogens (tertiary/aromatic N) is 3. The van der Waals surface area contributed by atoms with E-state index < -0.39 is 51.2 Å². The van der Waals surface area contributed by atoms with Crippen molar-refractivity contribution >= 4 is 27.7 Å². The number of sulfone groups is 1. The lowest BCUT2D eigenvalue weighted by Gasteiger charge is -2.31. The van der Waals surface area contributed by atoms with Crippen molar-refractivity contribution < 1.29 is 32.2 Å². The summed E-state index contributed by atoms with van der Waals surface area (Å²) in [5.41, 5.74) is 6.05. The molecule has 1 unspecified atom stereocenters. The molecule has 0 bridgehead atoms. The van der Waals surface area contributed by atoms with Crippen LogP contribution in [0.5, 0.6) is 0 Å². The van der Waals surface area contributed by atoms with Gasteiger partial charge in [0.05, 0.1) is 5.69 Å². The Bertz CT molecular complexity index is 1590. The maximum absolute atomic E-state index is 15.7. The highest BCUT2D eigenvalue weighted by atomic mass is 32.2. The molecule has 1 aromatic carbocycles. The number of rotatable bonds is 12. The molecule has 0 spiro atoms. The van der Waals surface area contributed by atoms with Crippen molar-refractivity contribution in [1.29, 1.82) is 0 Å². The largest absolute Gasteiger partial charge is 0.480 e. The lowest BCUT2D eigenvalue weighted by atomic mass is 9.79. The van der Waals surface area contributed by atoms with Crippen LogP contribution in [0, 0.1) is 5.82 Å². The number of carbonyl (C=O) groups excluding carboxylic acids is 1. The van der Waals surface area contributed by atoms with E-state index in [9.17, 15) is 23.1 Å². The molecule has 10 nitrogen and oxygen atoms in total. The molecule has 12 heteroatoms. The second kappa shape index (κ2) is 13.4. The quantitative estimate of drug-likeness (QED) is 0.256. The normalized spacial score (nSPS) is 13.6. The van der Waals surface area contributed by atoms with E-state index >= 15 is 4.39 Å². The molecular weight excluding hydrogens is 587 g/mol. The fourth-order valence-corrected chi connectivity index (χ4v) is 6.24. The zero-order valence-corrected chi connectivity index (χ0v) is 26.8. The molecule has 0 fully saturated rings. The van der Waals surface area contributed by atoms with Gasteiger partial charge in [-0.25, -0.2) is 27.6 Å². The number of aromatic nitrogens is 2. The minimum absolute atomic E-state index is 0.0313. The minimum Gasteiger partial charge on any atom is -0.480 e. The number of anilines is 1. The molecule has 0 aliphatic heterocycles. The van der Waals surface area contributed by atoms with E-state index in [0.29, 0.717) is 0 Å². The highest BCUT2D eigenvalue weighted by molar-refractivity contribution is 7.92. The van der Waals surface area contributed by atoms with Crippen molar-refractivity contribution in [3.63, 3.8) is 0 Å². The summed E-state index contributed by atoms with van der Waals surface area (Å²) >= 11 is 0. The Morgan fingerprint density at radius 3 is 2.32 bits per heavy atom. The summed E-state index contributed by atoms with van der Waals surface area (Å²) in [6.07, 6.45) is 2.56. The lowest BCUT2D eigenvalue weighted by molar-refractivity contribution is -0.135. The van der Waals surface area contributed by atoms with Crippen LogP contribution in [-0.2, 0) is 36.1 Å². The summed E-state index contributed by atoms with van der Waals surface area (Å²) in [5.74, 6) is -2.19. The first-order chi connectivity index (χ1) is 20.4. The number of aliphatic carboxylic acids is 1. The van der Waals surface area contributed by atoms with Crippen molar-refractivity contribution in [2.24, 2.45) is 5.73 Å². The molecule has 2 heterocycles. The van der Waals surface area contributed by atoms with Crippen molar-refractivity contribution in [2.75, 3.05) is 11.4 Å². The van der Waals surface area contributed by atoms with E-state index in [0.717, 1.165) is 29.7 Å². The van der Waals surface area contributed by atoms with Crippen LogP contribution in [-0.4, -0.2) is 47.7 Å². The first kappa shape index (κ1) is 34.6. The molecule has 0 aliphatic rings. The Kier molecular flexibility index (Phi) is 10.5. The third kappa shape index (κ3) is 7.97. The molecule has 0 saturated carbocycles. The molecule has 3 rings (SSSR count). The Labute approximate surface area is 258 Å². The van der Waals surface area contributed by atoms with E-state index in [4.69, 9.17) is 10.5 Å². The lowest BCUT2D eigenvalue weighted by Crippen LogP contribution is -2.48. The van der Waals surface area contributed by atoms with Crippen molar-refractivity contribution in [3.8, 4) is 0 Å². The highest BCUT2D eigenvalue weighted by Gasteiger charge is 2.46. The number of nitrogens with two attached hydrogens (primary N) is 1. The van der Waals surface area contributed by atoms with E-state index in [1.54, 1.807) is 32.9 Å². The number of pyridine rings is 2. The average Bonchev–Trinajstić information content (AvgIpc) is 2.95. The smallest absolute Gasteiger partial charge is 0.416 e. The average molecular weight is 629 g/mol. The maximum Gasteiger partial charge on any atom is 0.416 e. The summed E-state index contributed by atoms with van der Waals surface area (Å²) < 4.78 is 49.4. The predicted molar refractivity (Wildman–Crippen MR) is 165 cm³/mol. The molecule has 2 aromatic heterocycles. The van der Waals surface area contributed by atoms with Gasteiger partial charge in [0.1, 0.15) is 23.8 Å². The van der Waals surface area contributed by atoms with E-state index in [-0.39, 0.29) is 27.5 Å². The summed E-state index contributed by atoms with van der Waals surface area (Å²) in [6, 6.07) is 13.0. The topological polar surface area (TPSA) is 153 Å². The summed E-state index contributed by atoms with van der Waals surface area (Å²) in [7, 11) is -4.55. The number of hydrogen-bond donors (Lipinski definition) is 2. The Balaban J connectivity index is 2.18. The van der Waals surface area contributed by atoms with Gasteiger partial charge in [-0.05, 0) is 74.1 Å². The number of benzene rings is 1. The van der Waals surface area contributed by atoms with Crippen LogP contribution >= 0.6 is 0 Å². The third-order valence-corrected chi connectivity index (χ3v) is 9.29. The molecule has 238 valence electrons. The van der Waals surface area contributed by atoms with Crippen LogP contribution < -0.4 is 10.6 Å². The number of carbonyl (C=O) groups is 2. The van der Waals surface area contributed by atoms with E-state index in [2.05, 4.69) is 16.9 Å². The SMILES string of the molecule is CCCCC(C)(C)c1ccc(CC(N)(c2cccc(N(CC(=O)O)C(=O)OC(C)(C)C)n2)S(=O)(=O)c2ccccn2)c(F)c1. The Morgan fingerprint density at radius 2 is 1.75 bits per heavy atom. The van der Waals surface area contributed by atoms with Gasteiger partial charge < -0.3 is 15.6 Å². The first-order valence-corrected chi connectivity index (χ1v) is 15.8. The minimum atomic E-state index is -4.55. The standard InChI is InChI=1S/C32H41FN4O6S/c1-7-8-17-31(5,6)23-16-15-22(24(33)19-23)20-32(34,44(41,42)27-14-9-10-18-35-27)25-12-11-13-26(36-25)37(21-28(38)39)29(40)43-30(2,3)4/h9-16,18-19H,7-8,17,20-21,34H2,1-6H3,(H,38,39). The number of ether oxygens (including phenoxy) is 1. The molecule has 44 heavy (non-hydrogen) atoms. The van der Waals surface area contributed by atoms with Gasteiger partial charge in [0.2, 0.25) is 9.84 Å². The molecule has 0 aliphatic carbocycles. The second-order valence-electron chi connectivity index (χ2n) is 12.4. The zero-order chi connectivity index (χ0) is 32.9. The van der Waals surface area contributed by atoms with Crippen LogP contribution in [0.4, 0.5) is 15.0 Å². The monoisotopic (exact) mass is 628 g/mol. The molecule has 1 amide bonds. The molecule has 1 atom stereocenters. The predicted octanol–water partition coefficient (Wildman–Crippen LogP) is 5.74. The van der Waals surface area contributed by atoms with Crippen molar-refractivity contribution in [1.82, 2.24) is 9.97 Å². The number of carboxylic acids is 1. The van der Waals surface area contributed by atoms with Crippen molar-refractivity contribution in [3.05, 3.63) is 83.4 Å². The van der Waals surface area contributed by atoms with Gasteiger partial charge in [-0.15, -0.1) is 0 Å². The van der Waals surface area contributed by atoms with Gasteiger partial charge >= 0.3 is 12.1 Å². The van der Waals surface area contributed by atoms with E-state index in [1.807, 2.05) is 13.8 Å². The van der Waals surface area contributed by atoms with Gasteiger partial charge in [-0.2, -0.15) is 0 Å². The molecule has 0 radical (unpaired) electrons. The van der Waals surface area contributed by atoms with E-state index in [1.165, 1.54) is 48.7 Å². The van der Waals surface area contributed by atoms with Gasteiger partial charge in [-0.1, -0.05) is 57.9 Å². The summed E-state index contributed by atoms with van der Waals surface area (Å²) in [5, 5.41) is 9.15. The van der Waals surface area contributed by atoms with Crippen LogP contribution in [0.2, 0.25) is 0 Å². The number of halogens is 1. The fourth-order valence-electron chi connectivity index (χ4n) is 4.67. The van der Waals surface area contributed by atoms with Crippen LogP contribution in [0.3, 0.4) is 0 Å². The first-order valence-electron chi connectivity index (χ1n) is 14.3. The number of amides is 1. The molecule has 3 aromatic rings. The molecule has 0 saturated heterocycles. The van der Waals surface area contributed by atoms with Gasteiger partial charge in [0, 0.05) is 12.6 Å². The number of unbranched alkanes of at least 4 members (excludes halogenated alkanes) is 1. The fraction of sp³-hybridized carbons (Fsp3) is 0.438. The van der Waals surface area contributed by atoms with Gasteiger partial charge in [0.25, 0.3) is 0 Å². The van der Waals surface area contributed by atoms with Crippen LogP contribution in [0.25, 0.3) is 0 Å². The zero-order valence-electron chi connectivity index (χ0n) is 26.0. The van der Waals surface area contributed by atoms with Crippen LogP contribution in [0.1, 0.15) is 77.6 Å². The molecular formula is C32H41FN4O6S. The van der Waals surface area contributed by atoms with Gasteiger partial charge in [-0.3, -0.25) is 9.69 Å². The Morgan fingerprint density at radius 1 is 1.05 bits per heavy atom. The van der Waals surface area contributed by atoms with Crippen LogP contribution in [0.15, 0.2) is 65.8 Å². The van der Waals surface area contributed by atoms with Crippen molar-refractivity contribution in [2.45, 2.75) is 88.1 Å². The number of hydrogen-bond acceptors (Lipinski definition) is 8. The third-order valence-electron chi connectivity index (χ3n) is 7.19. The van der Waals surface area contributed by atoms with Gasteiger partial charge in [0.15, 0.2) is 9.90 Å². The highest BCUT2D eigenvalue weighted by Crippen LogP contribution is 2.36. The summed E-state index contributed by atoms with van der Waals surface area (Å²) in [4.78, 5) is 31.4. The summed E-state index contributed by atoms with van der Waals surface area (Å²) in [6.45, 7) is 10.2. The number of carboxylic acid groups (broad SMARTS) is 1. The molecule has 3 N–H and O–H groups in total. The Hall–Kier alpha value is -3.90. The maximum atomic E-state index is 15.7.